The van der Waals surface area contributed by atoms with Crippen LogP contribution in [0.25, 0.3) is 0 Å². The van der Waals surface area contributed by atoms with Crippen molar-refractivity contribution < 1.29 is 80.2 Å². The highest BCUT2D eigenvalue weighted by Gasteiger charge is 2.30. The van der Waals surface area contributed by atoms with Crippen LogP contribution in [-0.4, -0.2) is 96.7 Å². The number of carbonyl (C=O) groups is 4. The van der Waals surface area contributed by atoms with Crippen LogP contribution in [0.2, 0.25) is 0 Å². The van der Waals surface area contributed by atoms with Gasteiger partial charge in [-0.05, 0) is 31.6 Å². The predicted molar refractivity (Wildman–Crippen MR) is 400 cm³/mol. The summed E-state index contributed by atoms with van der Waals surface area (Å²) in [5, 5.41) is 10.6. The Labute approximate surface area is 600 Å². The number of hydrogen-bond acceptors (Lipinski definition) is 15. The molecule has 0 amide bonds. The summed E-state index contributed by atoms with van der Waals surface area (Å²) in [6.07, 6.45) is 62.4. The van der Waals surface area contributed by atoms with E-state index in [1.807, 2.05) is 0 Å². The molecule has 0 aromatic carbocycles. The van der Waals surface area contributed by atoms with Gasteiger partial charge in [-0.1, -0.05) is 369 Å². The number of esters is 4. The number of rotatable bonds is 79. The standard InChI is InChI=1S/C79H154O17P2/c1-6-9-12-15-18-21-24-26-28-29-30-31-32-34-36-39-44-49-54-59-64-78(83)95-74(68-90-77(82)63-58-53-48-43-38-35-33-27-25-22-19-16-13-10-7-2)70-93-97(85,86)91-66-73(80)67-92-98(87,88)94-71-75(69-89-76(81)62-57-52-47-42-37-23-20-17-14-11-8-3)96-79(84)65-60-55-50-45-40-41-46-51-56-61-72(4)5/h72-75,80H,6-71H2,1-5H3,(H,85,86)(H,87,88)/t73-,74-,75-/m1/s1. The molecule has 0 heterocycles. The minimum absolute atomic E-state index is 0.106. The Hall–Kier alpha value is -1.94. The molecule has 0 fully saturated rings. The third-order valence-electron chi connectivity index (χ3n) is 18.5. The highest BCUT2D eigenvalue weighted by atomic mass is 31.2. The van der Waals surface area contributed by atoms with Crippen LogP contribution < -0.4 is 0 Å². The second kappa shape index (κ2) is 72.0. The molecule has 0 radical (unpaired) electrons. The van der Waals surface area contributed by atoms with Crippen LogP contribution in [0.4, 0.5) is 0 Å². The predicted octanol–water partition coefficient (Wildman–Crippen LogP) is 23.6. The van der Waals surface area contributed by atoms with E-state index in [0.29, 0.717) is 25.7 Å². The smallest absolute Gasteiger partial charge is 0.462 e. The SMILES string of the molecule is CCCCCCCCCCCCCCCCCCCCCCC(=O)O[C@H](COC(=O)CCCCCCCCCCCCCCCCC)COP(=O)(O)OC[C@@H](O)COP(=O)(O)OC[C@@H](COC(=O)CCCCCCCCCCCCC)OC(=O)CCCCCCCCCCCC(C)C. The van der Waals surface area contributed by atoms with E-state index < -0.39 is 97.5 Å². The zero-order chi connectivity index (χ0) is 71.9. The van der Waals surface area contributed by atoms with Crippen LogP contribution in [0.5, 0.6) is 0 Å². The van der Waals surface area contributed by atoms with E-state index in [1.165, 1.54) is 244 Å². The number of hydrogen-bond donors (Lipinski definition) is 3. The molecule has 5 atom stereocenters. The van der Waals surface area contributed by atoms with Crippen molar-refractivity contribution in [3.63, 3.8) is 0 Å². The number of phosphoric acid groups is 2. The minimum atomic E-state index is -4.96. The maximum Gasteiger partial charge on any atom is 0.472 e. The molecule has 582 valence electrons. The molecule has 0 aromatic heterocycles. The molecule has 0 aliphatic carbocycles. The van der Waals surface area contributed by atoms with Gasteiger partial charge in [-0.2, -0.15) is 0 Å². The lowest BCUT2D eigenvalue weighted by Gasteiger charge is -2.21. The number of aliphatic hydroxyl groups excluding tert-OH is 1. The number of ether oxygens (including phenoxy) is 4. The average Bonchev–Trinajstić information content (AvgIpc) is 1.06. The third-order valence-corrected chi connectivity index (χ3v) is 20.4. The number of phosphoric ester groups is 2. The largest absolute Gasteiger partial charge is 0.472 e. The molecular formula is C79H154O17P2. The van der Waals surface area contributed by atoms with E-state index in [-0.39, 0.29) is 25.7 Å². The number of unbranched alkanes of at least 4 members (excludes halogenated alkanes) is 51. The van der Waals surface area contributed by atoms with Gasteiger partial charge in [-0.15, -0.1) is 0 Å². The van der Waals surface area contributed by atoms with Crippen molar-refractivity contribution in [3.05, 3.63) is 0 Å². The van der Waals surface area contributed by atoms with Gasteiger partial charge in [0.1, 0.15) is 19.3 Å². The van der Waals surface area contributed by atoms with Gasteiger partial charge in [0.25, 0.3) is 0 Å². The molecule has 2 unspecified atom stereocenters. The van der Waals surface area contributed by atoms with Gasteiger partial charge in [0.05, 0.1) is 26.4 Å². The summed E-state index contributed by atoms with van der Waals surface area (Å²) >= 11 is 0. The summed E-state index contributed by atoms with van der Waals surface area (Å²) in [6.45, 7) is 7.29. The third kappa shape index (κ3) is 72.4. The summed E-state index contributed by atoms with van der Waals surface area (Å²) < 4.78 is 68.6. The molecule has 0 rings (SSSR count). The molecule has 0 aliphatic heterocycles. The molecule has 17 nitrogen and oxygen atoms in total. The summed E-state index contributed by atoms with van der Waals surface area (Å²) in [5.74, 6) is -1.37. The van der Waals surface area contributed by atoms with Gasteiger partial charge in [-0.25, -0.2) is 9.13 Å². The fourth-order valence-electron chi connectivity index (χ4n) is 12.2. The second-order valence-corrected chi connectivity index (χ2v) is 31.8. The summed E-state index contributed by atoms with van der Waals surface area (Å²) in [4.78, 5) is 72.9. The van der Waals surface area contributed by atoms with Crippen molar-refractivity contribution in [2.24, 2.45) is 5.92 Å². The molecule has 0 saturated carbocycles. The zero-order valence-electron chi connectivity index (χ0n) is 63.9. The van der Waals surface area contributed by atoms with Crippen LogP contribution in [-0.2, 0) is 65.4 Å². The van der Waals surface area contributed by atoms with E-state index in [1.54, 1.807) is 0 Å². The summed E-state index contributed by atoms with van der Waals surface area (Å²) in [7, 11) is -9.91. The van der Waals surface area contributed by atoms with E-state index in [9.17, 15) is 43.2 Å². The first kappa shape index (κ1) is 96.1. The molecule has 0 bridgehead atoms. The fourth-order valence-corrected chi connectivity index (χ4v) is 13.8. The number of aliphatic hydroxyl groups is 1. The maximum atomic E-state index is 13.1. The minimum Gasteiger partial charge on any atom is -0.462 e. The normalized spacial score (nSPS) is 13.9. The average molecular weight is 1440 g/mol. The first-order valence-corrected chi connectivity index (χ1v) is 44.1. The molecule has 98 heavy (non-hydrogen) atoms. The second-order valence-electron chi connectivity index (χ2n) is 28.9. The Balaban J connectivity index is 5.22. The van der Waals surface area contributed by atoms with Crippen LogP contribution in [0, 0.1) is 5.92 Å². The van der Waals surface area contributed by atoms with Crippen molar-refractivity contribution in [3.8, 4) is 0 Å². The summed E-state index contributed by atoms with van der Waals surface area (Å²) in [5.41, 5.74) is 0. The highest BCUT2D eigenvalue weighted by Crippen LogP contribution is 2.45. The summed E-state index contributed by atoms with van der Waals surface area (Å²) in [6, 6.07) is 0. The fraction of sp³-hybridized carbons (Fsp3) is 0.949. The molecule has 0 aliphatic rings. The van der Waals surface area contributed by atoms with Crippen molar-refractivity contribution in [1.29, 1.82) is 0 Å². The van der Waals surface area contributed by atoms with Crippen LogP contribution in [0.3, 0.4) is 0 Å². The van der Waals surface area contributed by atoms with Gasteiger partial charge in [0.15, 0.2) is 12.2 Å². The lowest BCUT2D eigenvalue weighted by molar-refractivity contribution is -0.161. The van der Waals surface area contributed by atoms with Gasteiger partial charge >= 0.3 is 39.5 Å². The Morgan fingerprint density at radius 3 is 0.694 bits per heavy atom. The van der Waals surface area contributed by atoms with E-state index >= 15 is 0 Å². The molecule has 3 N–H and O–H groups in total. The molecule has 0 saturated heterocycles. The lowest BCUT2D eigenvalue weighted by atomic mass is 10.0. The molecule has 0 spiro atoms. The lowest BCUT2D eigenvalue weighted by Crippen LogP contribution is -2.30. The van der Waals surface area contributed by atoms with Gasteiger partial charge in [-0.3, -0.25) is 37.3 Å². The van der Waals surface area contributed by atoms with Crippen molar-refractivity contribution in [2.45, 2.75) is 438 Å². The van der Waals surface area contributed by atoms with Crippen LogP contribution >= 0.6 is 15.6 Å². The van der Waals surface area contributed by atoms with Crippen LogP contribution in [0.15, 0.2) is 0 Å². The molecule has 19 heteroatoms. The monoisotopic (exact) mass is 1440 g/mol. The van der Waals surface area contributed by atoms with E-state index in [2.05, 4.69) is 34.6 Å². The van der Waals surface area contributed by atoms with Crippen molar-refractivity contribution >= 4 is 39.5 Å². The Bertz CT molecular complexity index is 1870. The highest BCUT2D eigenvalue weighted by molar-refractivity contribution is 7.47. The zero-order valence-corrected chi connectivity index (χ0v) is 65.7. The van der Waals surface area contributed by atoms with Crippen molar-refractivity contribution in [2.75, 3.05) is 39.6 Å². The van der Waals surface area contributed by atoms with Gasteiger partial charge < -0.3 is 33.8 Å². The molecule has 0 aromatic rings. The quantitative estimate of drug-likeness (QED) is 0.0222. The first-order valence-electron chi connectivity index (χ1n) is 41.1. The Morgan fingerprint density at radius 1 is 0.276 bits per heavy atom. The number of carbonyl (C=O) groups excluding carboxylic acids is 4. The maximum absolute atomic E-state index is 13.1. The van der Waals surface area contributed by atoms with Crippen molar-refractivity contribution in [1.82, 2.24) is 0 Å². The van der Waals surface area contributed by atoms with Crippen LogP contribution in [0.1, 0.15) is 420 Å². The first-order chi connectivity index (χ1) is 47.5. The molecular weight excluding hydrogens is 1280 g/mol. The van der Waals surface area contributed by atoms with E-state index in [4.69, 9.17) is 37.0 Å². The Kier molecular flexibility index (Phi) is 70.6. The topological polar surface area (TPSA) is 237 Å². The van der Waals surface area contributed by atoms with E-state index in [0.717, 1.165) is 95.8 Å². The Morgan fingerprint density at radius 2 is 0.469 bits per heavy atom. The van der Waals surface area contributed by atoms with Gasteiger partial charge in [0, 0.05) is 25.7 Å². The van der Waals surface area contributed by atoms with Gasteiger partial charge in [0.2, 0.25) is 0 Å².